The summed E-state index contributed by atoms with van der Waals surface area (Å²) in [5.41, 5.74) is 7.38. The Labute approximate surface area is 171 Å². The highest BCUT2D eigenvalue weighted by atomic mass is 15.1. The van der Waals surface area contributed by atoms with Crippen molar-refractivity contribution in [2.45, 2.75) is 59.3 Å². The molecule has 0 N–H and O–H groups in total. The van der Waals surface area contributed by atoms with Gasteiger partial charge in [-0.15, -0.1) is 0 Å². The fraction of sp³-hybridized carbons (Fsp3) is 0.500. The first-order valence-corrected chi connectivity index (χ1v) is 10.6. The Hall–Kier alpha value is -2.09. The van der Waals surface area contributed by atoms with Gasteiger partial charge in [0.2, 0.25) is 5.36 Å². The van der Waals surface area contributed by atoms with Crippen molar-refractivity contribution < 1.29 is 0 Å². The number of hydrogen-bond donors (Lipinski definition) is 0. The summed E-state index contributed by atoms with van der Waals surface area (Å²) in [7, 11) is 4.27. The van der Waals surface area contributed by atoms with Gasteiger partial charge in [0.05, 0.1) is 0 Å². The first-order chi connectivity index (χ1) is 13.0. The summed E-state index contributed by atoms with van der Waals surface area (Å²) < 4.78 is 2.57. The molecule has 0 saturated heterocycles. The third-order valence-corrected chi connectivity index (χ3v) is 6.95. The largest absolute Gasteiger partial charge is 0.378 e. The zero-order valence-corrected chi connectivity index (χ0v) is 17.6. The minimum absolute atomic E-state index is 0. The van der Waals surface area contributed by atoms with E-state index in [-0.39, 0.29) is 12.8 Å². The summed E-state index contributed by atoms with van der Waals surface area (Å²) in [6, 6.07) is 12.1. The highest BCUT2D eigenvalue weighted by molar-refractivity contribution is 5.68. The van der Waals surface area contributed by atoms with Crippen LogP contribution in [0.5, 0.6) is 0 Å². The van der Waals surface area contributed by atoms with Crippen LogP contribution in [0.25, 0.3) is 6.08 Å². The molecular weight excluding hydrogens is 340 g/mol. The third-order valence-electron chi connectivity index (χ3n) is 6.95. The van der Waals surface area contributed by atoms with Crippen LogP contribution >= 0.6 is 0 Å². The smallest absolute Gasteiger partial charge is 0.203 e. The van der Waals surface area contributed by atoms with Crippen molar-refractivity contribution in [2.75, 3.05) is 32.1 Å². The average Bonchev–Trinajstić information content (AvgIpc) is 2.69. The second-order valence-corrected chi connectivity index (χ2v) is 8.35. The van der Waals surface area contributed by atoms with Gasteiger partial charge >= 0.3 is 0 Å². The van der Waals surface area contributed by atoms with E-state index in [1.165, 1.54) is 57.9 Å². The minimum atomic E-state index is 0. The monoisotopic (exact) mass is 377 g/mol. The van der Waals surface area contributed by atoms with Crippen LogP contribution in [0, 0.1) is 0 Å². The molecule has 2 aromatic rings. The summed E-state index contributed by atoms with van der Waals surface area (Å²) >= 11 is 0. The van der Waals surface area contributed by atoms with Gasteiger partial charge in [-0.25, -0.2) is 4.58 Å². The summed E-state index contributed by atoms with van der Waals surface area (Å²) in [6.07, 6.45) is 7.19. The fourth-order valence-corrected chi connectivity index (χ4v) is 5.28. The molecule has 0 radical (unpaired) electrons. The summed E-state index contributed by atoms with van der Waals surface area (Å²) in [5, 5.41) is 2.93. The van der Waals surface area contributed by atoms with Crippen molar-refractivity contribution in [3.8, 4) is 0 Å². The Kier molecular flexibility index (Phi) is 5.70. The van der Waals surface area contributed by atoms with E-state index in [0.29, 0.717) is 0 Å². The molecule has 1 aliphatic carbocycles. The van der Waals surface area contributed by atoms with E-state index in [1.54, 1.807) is 0 Å². The van der Waals surface area contributed by atoms with Crippen LogP contribution in [0.2, 0.25) is 0 Å². The SMILES string of the molecule is C.CC[N+]1=c2cc3c(cc2CCC1)=Cc1ccc(N(C)C)cc1C3(CC)CC. The average molecular weight is 378 g/mol. The Morgan fingerprint density at radius 3 is 2.39 bits per heavy atom. The van der Waals surface area contributed by atoms with E-state index in [9.17, 15) is 0 Å². The Morgan fingerprint density at radius 1 is 1.00 bits per heavy atom. The standard InChI is InChI=1S/C25H33N2.CH4/c1-6-25(7-2)22-16-21(26(4)5)12-11-18(22)14-20-15-19-10-9-13-27(8-3)24(19)17-23(20)25;/h11-12,14-17H,6-10,13H2,1-5H3;1H4/q+1;. The van der Waals surface area contributed by atoms with Crippen LogP contribution in [-0.2, 0) is 11.8 Å². The molecular formula is C26H37N2+. The molecule has 4 rings (SSSR count). The van der Waals surface area contributed by atoms with Gasteiger partial charge in [0.25, 0.3) is 0 Å². The van der Waals surface area contributed by atoms with Crippen LogP contribution in [0.3, 0.4) is 0 Å². The molecule has 0 atom stereocenters. The summed E-state index contributed by atoms with van der Waals surface area (Å²) in [6.45, 7) is 9.30. The van der Waals surface area contributed by atoms with Gasteiger partial charge in [-0.2, -0.15) is 0 Å². The number of hydrogen-bond acceptors (Lipinski definition) is 1. The van der Waals surface area contributed by atoms with Crippen LogP contribution in [0.1, 0.15) is 69.7 Å². The molecule has 0 saturated carbocycles. The lowest BCUT2D eigenvalue weighted by molar-refractivity contribution is 0.467. The highest BCUT2D eigenvalue weighted by Crippen LogP contribution is 2.42. The van der Waals surface area contributed by atoms with E-state index >= 15 is 0 Å². The van der Waals surface area contributed by atoms with Crippen molar-refractivity contribution >= 4 is 11.8 Å². The number of nitrogens with zero attached hydrogens (tertiary/aromatic N) is 2. The lowest BCUT2D eigenvalue weighted by Gasteiger charge is -2.38. The van der Waals surface area contributed by atoms with Gasteiger partial charge in [-0.1, -0.05) is 27.3 Å². The number of rotatable bonds is 4. The molecule has 0 bridgehead atoms. The van der Waals surface area contributed by atoms with Gasteiger partial charge in [0.1, 0.15) is 13.1 Å². The molecule has 150 valence electrons. The van der Waals surface area contributed by atoms with Crippen molar-refractivity contribution in [1.82, 2.24) is 4.58 Å². The van der Waals surface area contributed by atoms with Crippen molar-refractivity contribution in [2.24, 2.45) is 0 Å². The Bertz CT molecular complexity index is 994. The van der Waals surface area contributed by atoms with Crippen molar-refractivity contribution in [1.29, 1.82) is 0 Å². The maximum absolute atomic E-state index is 2.57. The molecule has 2 aromatic carbocycles. The van der Waals surface area contributed by atoms with Gasteiger partial charge in [-0.3, -0.25) is 0 Å². The van der Waals surface area contributed by atoms with Gasteiger partial charge in [-0.05, 0) is 72.4 Å². The lowest BCUT2D eigenvalue weighted by atomic mass is 9.65. The van der Waals surface area contributed by atoms with E-state index in [0.717, 1.165) is 19.4 Å². The Balaban J connectivity index is 0.00000225. The van der Waals surface area contributed by atoms with Gasteiger partial charge < -0.3 is 4.90 Å². The van der Waals surface area contributed by atoms with E-state index in [1.807, 2.05) is 0 Å². The van der Waals surface area contributed by atoms with E-state index in [2.05, 4.69) is 80.7 Å². The molecule has 2 aliphatic rings. The second-order valence-electron chi connectivity index (χ2n) is 8.35. The quantitative estimate of drug-likeness (QED) is 0.727. The predicted octanol–water partition coefficient (Wildman–Crippen LogP) is 4.09. The zero-order chi connectivity index (χ0) is 19.2. The lowest BCUT2D eigenvalue weighted by Crippen LogP contribution is -2.43. The highest BCUT2D eigenvalue weighted by Gasteiger charge is 2.37. The van der Waals surface area contributed by atoms with Crippen LogP contribution < -0.4 is 20.1 Å². The molecule has 0 aromatic heterocycles. The molecule has 0 spiro atoms. The van der Waals surface area contributed by atoms with Crippen molar-refractivity contribution in [3.63, 3.8) is 0 Å². The zero-order valence-electron chi connectivity index (χ0n) is 17.6. The van der Waals surface area contributed by atoms with Crippen LogP contribution in [-0.4, -0.2) is 27.2 Å². The minimum Gasteiger partial charge on any atom is -0.378 e. The van der Waals surface area contributed by atoms with Crippen LogP contribution in [0.4, 0.5) is 5.69 Å². The van der Waals surface area contributed by atoms with E-state index in [4.69, 9.17) is 0 Å². The fourth-order valence-electron chi connectivity index (χ4n) is 5.28. The van der Waals surface area contributed by atoms with Gasteiger partial charge in [0, 0.05) is 43.2 Å². The molecule has 2 heteroatoms. The van der Waals surface area contributed by atoms with Gasteiger partial charge in [0.15, 0.2) is 0 Å². The number of anilines is 1. The Morgan fingerprint density at radius 2 is 1.75 bits per heavy atom. The first-order valence-electron chi connectivity index (χ1n) is 10.6. The number of benzene rings is 2. The molecule has 28 heavy (non-hydrogen) atoms. The predicted molar refractivity (Wildman–Crippen MR) is 123 cm³/mol. The first kappa shape index (κ1) is 20.6. The van der Waals surface area contributed by atoms with E-state index < -0.39 is 0 Å². The summed E-state index contributed by atoms with van der Waals surface area (Å²) in [5.74, 6) is 0. The number of fused-ring (bicyclic) bond motifs is 3. The molecule has 1 heterocycles. The van der Waals surface area contributed by atoms with Crippen molar-refractivity contribution in [3.05, 3.63) is 63.2 Å². The molecule has 1 aliphatic heterocycles. The van der Waals surface area contributed by atoms with Crippen LogP contribution in [0.15, 0.2) is 30.3 Å². The number of aryl methyl sites for hydroxylation is 1. The molecule has 2 nitrogen and oxygen atoms in total. The second kappa shape index (κ2) is 7.73. The normalized spacial score (nSPS) is 16.2. The molecule has 0 fully saturated rings. The third kappa shape index (κ3) is 2.98. The maximum atomic E-state index is 2.57. The topological polar surface area (TPSA) is 6.25 Å². The molecule has 0 unspecified atom stereocenters. The summed E-state index contributed by atoms with van der Waals surface area (Å²) in [4.78, 5) is 2.22. The maximum Gasteiger partial charge on any atom is 0.203 e. The molecule has 0 amide bonds.